The molecule has 2 aromatic rings. The lowest BCUT2D eigenvalue weighted by molar-refractivity contribution is -0.191. The minimum absolute atomic E-state index is 0.0247. The van der Waals surface area contributed by atoms with Gasteiger partial charge in [-0.1, -0.05) is 61.7 Å². The molecule has 10 rings (SSSR count). The van der Waals surface area contributed by atoms with E-state index in [1.165, 1.54) is 12.5 Å². The molecule has 7 aliphatic carbocycles. The number of carbonyl (C=O) groups is 3. The number of aliphatic hydroxyl groups excluding tert-OH is 4. The van der Waals surface area contributed by atoms with Gasteiger partial charge in [0.2, 0.25) is 0 Å². The van der Waals surface area contributed by atoms with Crippen LogP contribution in [0.4, 0.5) is 0 Å². The molecule has 5 fully saturated rings. The number of carbonyl (C=O) groups excluding carboxylic acids is 3. The molecule has 0 radical (unpaired) electrons. The van der Waals surface area contributed by atoms with Crippen LogP contribution in [0.15, 0.2) is 76.7 Å². The molecular formula is C61H83N5O10. The normalized spacial score (nSPS) is 42.4. The molecule has 11 N–H and O–H groups in total. The van der Waals surface area contributed by atoms with Crippen LogP contribution in [-0.4, -0.2) is 115 Å². The van der Waals surface area contributed by atoms with Gasteiger partial charge in [0.15, 0.2) is 11.7 Å². The summed E-state index contributed by atoms with van der Waals surface area (Å²) in [6.45, 7) is 7.73. The zero-order chi connectivity index (χ0) is 53.9. The highest BCUT2D eigenvalue weighted by molar-refractivity contribution is 6.00. The second-order valence-corrected chi connectivity index (χ2v) is 25.3. The predicted octanol–water partition coefficient (Wildman–Crippen LogP) is 5.21. The number of nitrogens with one attached hydrogen (secondary N) is 3. The van der Waals surface area contributed by atoms with Crippen LogP contribution >= 0.6 is 0 Å². The fourth-order valence-corrected chi connectivity index (χ4v) is 17.4. The number of allylic oxidation sites excluding steroid dienone is 3. The Balaban J connectivity index is 1.12. The zero-order valence-corrected chi connectivity index (χ0v) is 44.9. The number of ketones is 2. The van der Waals surface area contributed by atoms with Gasteiger partial charge in [0.25, 0.3) is 0 Å². The maximum absolute atomic E-state index is 15.2. The van der Waals surface area contributed by atoms with E-state index in [-0.39, 0.29) is 124 Å². The molecule has 0 unspecified atom stereocenters. The minimum atomic E-state index is -1.89. The molecule has 15 heteroatoms. The van der Waals surface area contributed by atoms with Crippen molar-refractivity contribution in [2.45, 2.75) is 153 Å². The standard InChI is InChI=1S/C61H83N5O10/c1-34-13-14-37-15-16-42-41(32-67)25-50(71)59(4,74)55-39(12-8-11-38(24-44(42)43(37)23-34)45-33-76-56(73)51(45)40-18-21-63-31-40)27-61(75)52-46(17-19-60(55,61)20-22-64-57(62)66-30-36-9-6-5-7-10-36)58(3)28-49(70)48(69)26-47(58)54(72)53(52)65-29-35(2)68/h5-7,9-10,15,18,21,31,34,38-39,41-51,55,63,65,67,69-71,74-75H,12-14,16-17,19-20,22-30,32-33H2,1-4H3,(H3,62,64,66)/t34-,38+,39-,41-,42-,43-,44-,45-,46-,47-,48+,49-,50+,51-,55+,58+,59-,60-,61+/m0/s1. The number of fused-ring (bicyclic) bond motifs is 10. The van der Waals surface area contributed by atoms with Crippen LogP contribution in [0.3, 0.4) is 0 Å². The van der Waals surface area contributed by atoms with Gasteiger partial charge in [-0.05, 0) is 161 Å². The van der Waals surface area contributed by atoms with Crippen LogP contribution in [0, 0.1) is 87.8 Å². The number of cyclic esters (lactones) is 1. The molecule has 1 saturated heterocycles. The Hall–Kier alpha value is -4.82. The number of hydrogen-bond donors (Lipinski definition) is 10. The van der Waals surface area contributed by atoms with Crippen LogP contribution in [0.25, 0.3) is 0 Å². The summed E-state index contributed by atoms with van der Waals surface area (Å²) in [5.41, 5.74) is 4.56. The number of esters is 1. The average Bonchev–Trinajstić information content (AvgIpc) is 4.29. The Labute approximate surface area is 448 Å². The molecule has 8 aliphatic rings. The summed E-state index contributed by atoms with van der Waals surface area (Å²) in [6, 6.07) is 11.7. The molecule has 2 heterocycles. The molecule has 19 atom stereocenters. The van der Waals surface area contributed by atoms with E-state index < -0.39 is 75.9 Å². The molecule has 0 spiro atoms. The van der Waals surface area contributed by atoms with Crippen molar-refractivity contribution in [1.82, 2.24) is 15.6 Å². The molecule has 76 heavy (non-hydrogen) atoms. The predicted molar refractivity (Wildman–Crippen MR) is 286 cm³/mol. The van der Waals surface area contributed by atoms with Crippen molar-refractivity contribution >= 4 is 23.5 Å². The third-order valence-corrected chi connectivity index (χ3v) is 21.0. The van der Waals surface area contributed by atoms with E-state index in [2.05, 4.69) is 45.5 Å². The summed E-state index contributed by atoms with van der Waals surface area (Å²) in [7, 11) is 0. The van der Waals surface area contributed by atoms with Gasteiger partial charge in [0.1, 0.15) is 5.78 Å². The van der Waals surface area contributed by atoms with E-state index in [9.17, 15) is 40.2 Å². The summed E-state index contributed by atoms with van der Waals surface area (Å²) >= 11 is 0. The van der Waals surface area contributed by atoms with Crippen molar-refractivity contribution in [3.8, 4) is 11.8 Å². The number of aromatic amines is 1. The van der Waals surface area contributed by atoms with Gasteiger partial charge in [-0.2, -0.15) is 0 Å². The summed E-state index contributed by atoms with van der Waals surface area (Å²) in [6.07, 6.45) is 8.39. The van der Waals surface area contributed by atoms with E-state index in [1.54, 1.807) is 6.92 Å². The van der Waals surface area contributed by atoms with Gasteiger partial charge in [-0.25, -0.2) is 4.99 Å². The quantitative estimate of drug-likeness (QED) is 0.0457. The van der Waals surface area contributed by atoms with Crippen LogP contribution in [-0.2, 0) is 25.7 Å². The fraction of sp³-hybridized carbons (Fsp3) is 0.672. The van der Waals surface area contributed by atoms with Crippen LogP contribution in [0.1, 0.15) is 128 Å². The highest BCUT2D eigenvalue weighted by atomic mass is 16.5. The first-order chi connectivity index (χ1) is 36.3. The van der Waals surface area contributed by atoms with Gasteiger partial charge in [-0.3, -0.25) is 14.4 Å². The van der Waals surface area contributed by atoms with Crippen molar-refractivity contribution in [1.29, 1.82) is 0 Å². The Morgan fingerprint density at radius 2 is 1.76 bits per heavy atom. The third-order valence-electron chi connectivity index (χ3n) is 21.0. The summed E-state index contributed by atoms with van der Waals surface area (Å²) in [4.78, 5) is 49.6. The number of rotatable bonds is 11. The van der Waals surface area contributed by atoms with E-state index in [4.69, 9.17) is 10.5 Å². The van der Waals surface area contributed by atoms with E-state index in [1.807, 2.05) is 55.7 Å². The molecule has 412 valence electrons. The highest BCUT2D eigenvalue weighted by Crippen LogP contribution is 2.72. The summed E-state index contributed by atoms with van der Waals surface area (Å²) < 4.78 is 5.92. The number of aromatic nitrogens is 1. The minimum Gasteiger partial charge on any atom is -0.465 e. The molecule has 4 saturated carbocycles. The Kier molecular flexibility index (Phi) is 15.4. The van der Waals surface area contributed by atoms with Gasteiger partial charge in [0, 0.05) is 61.1 Å². The van der Waals surface area contributed by atoms with Gasteiger partial charge < -0.3 is 56.7 Å². The number of nitrogens with two attached hydrogens (primary N) is 1. The molecule has 1 aromatic heterocycles. The van der Waals surface area contributed by atoms with Gasteiger partial charge in [0.05, 0.1) is 60.8 Å². The summed E-state index contributed by atoms with van der Waals surface area (Å²) in [5.74, 6) is 3.37. The van der Waals surface area contributed by atoms with Crippen LogP contribution < -0.4 is 16.4 Å². The Morgan fingerprint density at radius 1 is 0.974 bits per heavy atom. The number of guanidine groups is 1. The monoisotopic (exact) mass is 1050 g/mol. The average molecular weight is 1050 g/mol. The zero-order valence-electron chi connectivity index (χ0n) is 44.9. The number of aliphatic hydroxyl groups is 6. The maximum atomic E-state index is 15.2. The number of H-pyrrole nitrogens is 1. The molecule has 1 aromatic carbocycles. The molecule has 0 amide bonds. The van der Waals surface area contributed by atoms with Gasteiger partial charge in [-0.15, -0.1) is 5.92 Å². The van der Waals surface area contributed by atoms with E-state index in [0.717, 1.165) is 30.4 Å². The third kappa shape index (κ3) is 9.58. The first-order valence-corrected chi connectivity index (χ1v) is 28.5. The lowest BCUT2D eigenvalue weighted by Crippen LogP contribution is -2.66. The molecule has 0 bridgehead atoms. The molecular weight excluding hydrogens is 963 g/mol. The topological polar surface area (TPSA) is 260 Å². The second-order valence-electron chi connectivity index (χ2n) is 25.3. The van der Waals surface area contributed by atoms with E-state index >= 15 is 4.79 Å². The first-order valence-electron chi connectivity index (χ1n) is 28.5. The molecule has 15 nitrogen and oxygen atoms in total. The Bertz CT molecular complexity index is 2640. The smallest absolute Gasteiger partial charge is 0.313 e. The largest absolute Gasteiger partial charge is 0.465 e. The summed E-state index contributed by atoms with van der Waals surface area (Å²) in [5, 5.41) is 81.7. The first kappa shape index (κ1) is 54.5. The van der Waals surface area contributed by atoms with Crippen molar-refractivity contribution in [2.24, 2.45) is 86.7 Å². The number of aliphatic imine (C=N–C) groups is 1. The van der Waals surface area contributed by atoms with Crippen molar-refractivity contribution < 1.29 is 49.8 Å². The lowest BCUT2D eigenvalue weighted by Gasteiger charge is -2.62. The van der Waals surface area contributed by atoms with Crippen molar-refractivity contribution in [3.63, 3.8) is 0 Å². The number of benzene rings is 1. The number of Topliss-reactive ketones (excluding diaryl/α,β-unsaturated/α-hetero) is 2. The highest BCUT2D eigenvalue weighted by Gasteiger charge is 2.74. The number of hydrogen-bond acceptors (Lipinski definition) is 12. The lowest BCUT2D eigenvalue weighted by atomic mass is 9.44. The van der Waals surface area contributed by atoms with Gasteiger partial charge >= 0.3 is 5.97 Å². The second kappa shape index (κ2) is 21.4. The Morgan fingerprint density at radius 3 is 2.50 bits per heavy atom. The fourth-order valence-electron chi connectivity index (χ4n) is 17.4. The van der Waals surface area contributed by atoms with E-state index in [0.29, 0.717) is 43.7 Å². The van der Waals surface area contributed by atoms with Crippen molar-refractivity contribution in [2.75, 3.05) is 26.3 Å². The number of nitrogens with zero attached hydrogens (tertiary/aromatic N) is 1. The maximum Gasteiger partial charge on any atom is 0.313 e. The van der Waals surface area contributed by atoms with Crippen LogP contribution in [0.2, 0.25) is 0 Å². The molecule has 1 aliphatic heterocycles. The van der Waals surface area contributed by atoms with Crippen LogP contribution in [0.5, 0.6) is 0 Å². The number of ether oxygens (including phenoxy) is 1. The van der Waals surface area contributed by atoms with Crippen molar-refractivity contribution in [3.05, 3.63) is 82.8 Å². The SMILES string of the molecule is CC(=O)CNC1=C2[C@H](CC[C@]3(CCNC(N)=NCc4ccccc4)[C@@H]4[C@@H](CC#C[C@@H]([C@@H]5COC(=O)[C@H]5c5cc[nH]c5)C[C@H]5[C@@H](CC=C6CC[C@H](C)C[C@@H]65)[C@H](CO)C[C@@H](O)[C@]4(C)O)C[C@@]23O)[C@@]2(C)C[C@H](O)[C@H](O)C[C@H]2C1=O.